The van der Waals surface area contributed by atoms with Crippen LogP contribution in [0, 0.1) is 11.8 Å². The van der Waals surface area contributed by atoms with E-state index in [2.05, 4.69) is 5.10 Å². The van der Waals surface area contributed by atoms with Gasteiger partial charge >= 0.3 is 6.18 Å². The largest absolute Gasteiger partial charge is 0.392 e. The summed E-state index contributed by atoms with van der Waals surface area (Å²) < 4.78 is 40.7. The van der Waals surface area contributed by atoms with Crippen molar-refractivity contribution < 1.29 is 18.0 Å². The van der Waals surface area contributed by atoms with Gasteiger partial charge in [-0.1, -0.05) is 19.8 Å². The van der Waals surface area contributed by atoms with E-state index in [1.165, 1.54) is 16.9 Å². The van der Waals surface area contributed by atoms with E-state index in [9.17, 15) is 18.0 Å². The molecule has 0 aliphatic heterocycles. The van der Waals surface area contributed by atoms with Crippen molar-refractivity contribution in [3.63, 3.8) is 0 Å². The lowest BCUT2D eigenvalue weighted by molar-refractivity contribution is -0.191. The summed E-state index contributed by atoms with van der Waals surface area (Å²) in [6.45, 7) is 2.49. The average Bonchev–Trinajstić information content (AvgIpc) is 2.85. The fourth-order valence-electron chi connectivity index (χ4n) is 2.96. The summed E-state index contributed by atoms with van der Waals surface area (Å²) in [6.07, 6.45) is -0.421. The Morgan fingerprint density at radius 2 is 2.10 bits per heavy atom. The Hall–Kier alpha value is -1.33. The molecule has 1 aromatic heterocycles. The van der Waals surface area contributed by atoms with Crippen molar-refractivity contribution in [3.8, 4) is 0 Å². The fraction of sp³-hybridized carbons (Fsp3) is 0.714. The second-order valence-electron chi connectivity index (χ2n) is 5.34. The third kappa shape index (κ3) is 3.04. The zero-order valence-electron chi connectivity index (χ0n) is 11.5. The highest BCUT2D eigenvalue weighted by molar-refractivity contribution is 5.96. The van der Waals surface area contributed by atoms with Gasteiger partial charge in [0, 0.05) is 18.7 Å². The van der Waals surface area contributed by atoms with E-state index in [0.717, 1.165) is 6.42 Å². The summed E-state index contributed by atoms with van der Waals surface area (Å²) in [6, 6.07) is 1.53. The number of ketones is 1. The molecule has 2 rings (SSSR count). The summed E-state index contributed by atoms with van der Waals surface area (Å²) in [7, 11) is 0. The first-order valence-electron chi connectivity index (χ1n) is 7.08. The molecule has 0 amide bonds. The number of nitrogens with zero attached hydrogens (tertiary/aromatic N) is 2. The number of carbonyl (C=O) groups is 1. The lowest BCUT2D eigenvalue weighted by Crippen LogP contribution is -2.38. The van der Waals surface area contributed by atoms with Crippen LogP contribution in [-0.2, 0) is 6.54 Å². The number of carbonyl (C=O) groups excluding carboxylic acids is 1. The van der Waals surface area contributed by atoms with E-state index in [0.29, 0.717) is 31.5 Å². The Bertz CT molecular complexity index is 467. The summed E-state index contributed by atoms with van der Waals surface area (Å²) in [5.74, 6) is -2.86. The first kappa shape index (κ1) is 15.1. The summed E-state index contributed by atoms with van der Waals surface area (Å²) in [4.78, 5) is 12.5. The van der Waals surface area contributed by atoms with Crippen LogP contribution < -0.4 is 0 Å². The first-order valence-corrected chi connectivity index (χ1v) is 7.08. The molecule has 1 aliphatic carbocycles. The highest BCUT2D eigenvalue weighted by atomic mass is 19.4. The highest BCUT2D eigenvalue weighted by Crippen LogP contribution is 2.42. The molecule has 1 fully saturated rings. The molecule has 0 spiro atoms. The summed E-state index contributed by atoms with van der Waals surface area (Å²) in [5, 5.41) is 4.02. The van der Waals surface area contributed by atoms with Crippen molar-refractivity contribution in [1.29, 1.82) is 0 Å². The van der Waals surface area contributed by atoms with Crippen molar-refractivity contribution in [1.82, 2.24) is 9.78 Å². The Kier molecular flexibility index (Phi) is 4.50. The van der Waals surface area contributed by atoms with Gasteiger partial charge in [0.15, 0.2) is 5.78 Å². The maximum atomic E-state index is 13.1. The van der Waals surface area contributed by atoms with E-state index >= 15 is 0 Å². The fourth-order valence-corrected chi connectivity index (χ4v) is 2.96. The lowest BCUT2D eigenvalue weighted by atomic mass is 9.76. The highest BCUT2D eigenvalue weighted by Gasteiger charge is 2.48. The van der Waals surface area contributed by atoms with Gasteiger partial charge in [0.1, 0.15) is 5.69 Å². The standard InChI is InChI=1S/C14H19F3N2O/c1-2-9-19-12(7-8-18-19)13(20)10-5-3-4-6-11(10)14(15,16)17/h7-8,10-11H,2-6,9H2,1H3. The molecule has 3 nitrogen and oxygen atoms in total. The quantitative estimate of drug-likeness (QED) is 0.789. The van der Waals surface area contributed by atoms with E-state index in [-0.39, 0.29) is 6.42 Å². The van der Waals surface area contributed by atoms with Crippen LogP contribution in [0.1, 0.15) is 49.5 Å². The minimum Gasteiger partial charge on any atom is -0.292 e. The van der Waals surface area contributed by atoms with Crippen LogP contribution in [0.3, 0.4) is 0 Å². The van der Waals surface area contributed by atoms with E-state index in [1.54, 1.807) is 0 Å². The van der Waals surface area contributed by atoms with Crippen LogP contribution in [0.25, 0.3) is 0 Å². The molecule has 2 atom stereocenters. The molecule has 112 valence electrons. The van der Waals surface area contributed by atoms with Gasteiger partial charge in [-0.25, -0.2) is 0 Å². The molecule has 0 radical (unpaired) electrons. The SMILES string of the molecule is CCCn1nccc1C(=O)C1CCCCC1C(F)(F)F. The second kappa shape index (κ2) is 5.97. The summed E-state index contributed by atoms with van der Waals surface area (Å²) in [5.41, 5.74) is 0.313. The molecule has 20 heavy (non-hydrogen) atoms. The molecular weight excluding hydrogens is 269 g/mol. The molecule has 1 heterocycles. The third-order valence-electron chi connectivity index (χ3n) is 3.93. The van der Waals surface area contributed by atoms with Gasteiger partial charge < -0.3 is 0 Å². The number of aromatic nitrogens is 2. The average molecular weight is 288 g/mol. The van der Waals surface area contributed by atoms with Gasteiger partial charge in [0.25, 0.3) is 0 Å². The number of hydrogen-bond donors (Lipinski definition) is 0. The maximum Gasteiger partial charge on any atom is 0.392 e. The van der Waals surface area contributed by atoms with Crippen molar-refractivity contribution in [2.45, 2.75) is 51.7 Å². The van der Waals surface area contributed by atoms with E-state index < -0.39 is 23.8 Å². The predicted molar refractivity (Wildman–Crippen MR) is 68.4 cm³/mol. The molecule has 0 saturated heterocycles. The molecule has 2 unspecified atom stereocenters. The van der Waals surface area contributed by atoms with Crippen LogP contribution in [0.15, 0.2) is 12.3 Å². The predicted octanol–water partition coefficient (Wildman–Crippen LogP) is 3.84. The zero-order chi connectivity index (χ0) is 14.8. The number of alkyl halides is 3. The zero-order valence-corrected chi connectivity index (χ0v) is 11.5. The topological polar surface area (TPSA) is 34.9 Å². The minimum absolute atomic E-state index is 0.0574. The monoisotopic (exact) mass is 288 g/mol. The normalized spacial score (nSPS) is 23.8. The Morgan fingerprint density at radius 1 is 1.40 bits per heavy atom. The molecule has 0 N–H and O–H groups in total. The van der Waals surface area contributed by atoms with Crippen LogP contribution in [-0.4, -0.2) is 21.7 Å². The van der Waals surface area contributed by atoms with Gasteiger partial charge in [-0.05, 0) is 25.3 Å². The Morgan fingerprint density at radius 3 is 2.75 bits per heavy atom. The van der Waals surface area contributed by atoms with Crippen molar-refractivity contribution in [2.75, 3.05) is 0 Å². The number of halogens is 3. The van der Waals surface area contributed by atoms with Crippen molar-refractivity contribution in [2.24, 2.45) is 11.8 Å². The number of Topliss-reactive ketones (excluding diaryl/α,β-unsaturated/α-hetero) is 1. The van der Waals surface area contributed by atoms with Gasteiger partial charge in [-0.2, -0.15) is 18.3 Å². The van der Waals surface area contributed by atoms with Crippen LogP contribution in [0.4, 0.5) is 13.2 Å². The molecule has 1 saturated carbocycles. The minimum atomic E-state index is -4.30. The number of rotatable bonds is 4. The van der Waals surface area contributed by atoms with Gasteiger partial charge in [0.05, 0.1) is 5.92 Å². The van der Waals surface area contributed by atoms with Crippen LogP contribution in [0.5, 0.6) is 0 Å². The van der Waals surface area contributed by atoms with Crippen molar-refractivity contribution >= 4 is 5.78 Å². The molecule has 1 aromatic rings. The van der Waals surface area contributed by atoms with E-state index in [1.807, 2.05) is 6.92 Å². The van der Waals surface area contributed by atoms with E-state index in [4.69, 9.17) is 0 Å². The third-order valence-corrected chi connectivity index (χ3v) is 3.93. The van der Waals surface area contributed by atoms with Crippen LogP contribution in [0.2, 0.25) is 0 Å². The smallest absolute Gasteiger partial charge is 0.292 e. The Labute approximate surface area is 116 Å². The first-order chi connectivity index (χ1) is 9.45. The summed E-state index contributed by atoms with van der Waals surface area (Å²) >= 11 is 0. The van der Waals surface area contributed by atoms with Gasteiger partial charge in [-0.15, -0.1) is 0 Å². The van der Waals surface area contributed by atoms with Gasteiger partial charge in [0.2, 0.25) is 0 Å². The molecular formula is C14H19F3N2O. The second-order valence-corrected chi connectivity index (χ2v) is 5.34. The maximum absolute atomic E-state index is 13.1. The van der Waals surface area contributed by atoms with Crippen molar-refractivity contribution in [3.05, 3.63) is 18.0 Å². The number of hydrogen-bond acceptors (Lipinski definition) is 2. The molecule has 0 aromatic carbocycles. The Balaban J connectivity index is 2.23. The lowest BCUT2D eigenvalue weighted by Gasteiger charge is -2.32. The molecule has 0 bridgehead atoms. The van der Waals surface area contributed by atoms with Gasteiger partial charge in [-0.3, -0.25) is 9.48 Å². The molecule has 1 aliphatic rings. The van der Waals surface area contributed by atoms with Crippen LogP contribution >= 0.6 is 0 Å². The number of aryl methyl sites for hydroxylation is 1. The molecule has 6 heteroatoms.